The largest absolute Gasteiger partial charge is 0.352 e. The molecular weight excluding hydrogens is 268 g/mol. The number of benzene rings is 2. The highest BCUT2D eigenvalue weighted by molar-refractivity contribution is 5.86. The van der Waals surface area contributed by atoms with Gasteiger partial charge in [-0.25, -0.2) is 0 Å². The van der Waals surface area contributed by atoms with E-state index in [9.17, 15) is 0 Å². The maximum atomic E-state index is 2.54. The molecule has 2 nitrogen and oxygen atoms in total. The Kier molecular flexibility index (Phi) is 2.53. The molecule has 2 aliphatic heterocycles. The summed E-state index contributed by atoms with van der Waals surface area (Å²) in [6.45, 7) is 9.59. The molecule has 2 heteroatoms. The van der Waals surface area contributed by atoms with Crippen molar-refractivity contribution in [3.8, 4) is 0 Å². The lowest BCUT2D eigenvalue weighted by molar-refractivity contribution is 0.143. The molecule has 2 aliphatic rings. The normalized spacial score (nSPS) is 23.8. The lowest BCUT2D eigenvalue weighted by Gasteiger charge is -2.56. The van der Waals surface area contributed by atoms with Crippen LogP contribution in [0.15, 0.2) is 48.5 Å². The van der Waals surface area contributed by atoms with Crippen LogP contribution in [0.3, 0.4) is 0 Å². The van der Waals surface area contributed by atoms with E-state index in [0.29, 0.717) is 6.17 Å². The molecule has 1 atom stereocenters. The second kappa shape index (κ2) is 4.07. The third-order valence-corrected chi connectivity index (χ3v) is 6.23. The summed E-state index contributed by atoms with van der Waals surface area (Å²) in [5.74, 6) is 0. The number of anilines is 3. The molecule has 0 bridgehead atoms. The van der Waals surface area contributed by atoms with Crippen molar-refractivity contribution in [2.75, 3.05) is 16.8 Å². The van der Waals surface area contributed by atoms with Crippen molar-refractivity contribution >= 4 is 17.1 Å². The van der Waals surface area contributed by atoms with E-state index in [0.717, 1.165) is 0 Å². The predicted molar refractivity (Wildman–Crippen MR) is 94.0 cm³/mol. The predicted octanol–water partition coefficient (Wildman–Crippen LogP) is 4.92. The van der Waals surface area contributed by atoms with Crippen LogP contribution >= 0.6 is 0 Å². The first kappa shape index (κ1) is 13.7. The Balaban J connectivity index is 2.06. The van der Waals surface area contributed by atoms with Gasteiger partial charge in [0.05, 0.1) is 11.4 Å². The van der Waals surface area contributed by atoms with Gasteiger partial charge in [-0.2, -0.15) is 0 Å². The lowest BCUT2D eigenvalue weighted by Crippen LogP contribution is -2.60. The van der Waals surface area contributed by atoms with E-state index in [2.05, 4.69) is 93.1 Å². The van der Waals surface area contributed by atoms with E-state index >= 15 is 0 Å². The minimum absolute atomic E-state index is 0.112. The average Bonchev–Trinajstić information content (AvgIpc) is 2.80. The van der Waals surface area contributed by atoms with Crippen LogP contribution < -0.4 is 9.80 Å². The van der Waals surface area contributed by atoms with Gasteiger partial charge in [0.1, 0.15) is 6.17 Å². The summed E-state index contributed by atoms with van der Waals surface area (Å²) in [6, 6.07) is 17.7. The summed E-state index contributed by atoms with van der Waals surface area (Å²) in [4.78, 5) is 4.99. The third kappa shape index (κ3) is 1.41. The number of hydrogen-bond donors (Lipinski definition) is 0. The van der Waals surface area contributed by atoms with Gasteiger partial charge >= 0.3 is 0 Å². The molecule has 0 saturated carbocycles. The SMILES string of the molecule is CN1c2ccccc2N2c3ccccc3C(C)(C)C(C)(C)C12. The maximum absolute atomic E-state index is 2.54. The molecule has 114 valence electrons. The fraction of sp³-hybridized carbons (Fsp3) is 0.400. The Bertz CT molecular complexity index is 745. The van der Waals surface area contributed by atoms with Crippen molar-refractivity contribution in [3.05, 3.63) is 54.1 Å². The summed E-state index contributed by atoms with van der Waals surface area (Å²) in [6.07, 6.45) is 0.342. The first-order valence-corrected chi connectivity index (χ1v) is 8.08. The molecule has 0 fully saturated rings. The van der Waals surface area contributed by atoms with Crippen molar-refractivity contribution in [1.29, 1.82) is 0 Å². The number of para-hydroxylation sites is 3. The van der Waals surface area contributed by atoms with Gasteiger partial charge in [-0.15, -0.1) is 0 Å². The van der Waals surface area contributed by atoms with E-state index < -0.39 is 0 Å². The molecule has 0 aliphatic carbocycles. The van der Waals surface area contributed by atoms with E-state index in [1.807, 2.05) is 0 Å². The third-order valence-electron chi connectivity index (χ3n) is 6.23. The van der Waals surface area contributed by atoms with Gasteiger partial charge in [-0.05, 0) is 23.8 Å². The standard InChI is InChI=1S/C20H24N2/c1-19(2)14-10-6-7-11-15(14)22-17-13-9-8-12-16(17)21(5)18(22)20(19,3)4/h6-13,18H,1-5H3. The molecule has 0 saturated heterocycles. The van der Waals surface area contributed by atoms with Crippen molar-refractivity contribution in [2.45, 2.75) is 39.3 Å². The number of nitrogens with zero attached hydrogens (tertiary/aromatic N) is 2. The van der Waals surface area contributed by atoms with Gasteiger partial charge in [-0.1, -0.05) is 58.0 Å². The van der Waals surface area contributed by atoms with Gasteiger partial charge in [0, 0.05) is 23.6 Å². The summed E-state index contributed by atoms with van der Waals surface area (Å²) in [5, 5.41) is 0. The molecule has 2 aromatic carbocycles. The van der Waals surface area contributed by atoms with Crippen LogP contribution in [0.1, 0.15) is 33.3 Å². The van der Waals surface area contributed by atoms with E-state index in [-0.39, 0.29) is 10.8 Å². The molecule has 0 amide bonds. The topological polar surface area (TPSA) is 6.48 Å². The van der Waals surface area contributed by atoms with Crippen LogP contribution in [-0.4, -0.2) is 13.2 Å². The Morgan fingerprint density at radius 3 is 2.00 bits per heavy atom. The monoisotopic (exact) mass is 292 g/mol. The molecule has 1 unspecified atom stereocenters. The van der Waals surface area contributed by atoms with E-state index in [1.54, 1.807) is 0 Å². The maximum Gasteiger partial charge on any atom is 0.112 e. The second-order valence-electron chi connectivity index (χ2n) is 7.71. The summed E-state index contributed by atoms with van der Waals surface area (Å²) in [5.41, 5.74) is 5.69. The van der Waals surface area contributed by atoms with Crippen LogP contribution in [0.4, 0.5) is 17.1 Å². The first-order chi connectivity index (χ1) is 10.4. The highest BCUT2D eigenvalue weighted by atomic mass is 15.4. The Labute approximate surface area is 133 Å². The highest BCUT2D eigenvalue weighted by Gasteiger charge is 2.56. The molecule has 2 heterocycles. The number of hydrogen-bond acceptors (Lipinski definition) is 2. The molecule has 0 spiro atoms. The Hall–Kier alpha value is -1.96. The fourth-order valence-corrected chi connectivity index (χ4v) is 4.35. The minimum atomic E-state index is 0.112. The van der Waals surface area contributed by atoms with Crippen molar-refractivity contribution < 1.29 is 0 Å². The molecule has 4 rings (SSSR count). The van der Waals surface area contributed by atoms with Crippen molar-refractivity contribution in [2.24, 2.45) is 5.41 Å². The van der Waals surface area contributed by atoms with E-state index in [4.69, 9.17) is 0 Å². The molecular formula is C20H24N2. The molecule has 2 aromatic rings. The van der Waals surface area contributed by atoms with Gasteiger partial charge in [-0.3, -0.25) is 0 Å². The van der Waals surface area contributed by atoms with Crippen LogP contribution in [-0.2, 0) is 5.41 Å². The average molecular weight is 292 g/mol. The van der Waals surface area contributed by atoms with Crippen LogP contribution in [0.5, 0.6) is 0 Å². The van der Waals surface area contributed by atoms with Crippen LogP contribution in [0.25, 0.3) is 0 Å². The van der Waals surface area contributed by atoms with Crippen molar-refractivity contribution in [3.63, 3.8) is 0 Å². The zero-order valence-electron chi connectivity index (χ0n) is 14.1. The van der Waals surface area contributed by atoms with E-state index in [1.165, 1.54) is 22.6 Å². The number of rotatable bonds is 0. The second-order valence-corrected chi connectivity index (χ2v) is 7.71. The van der Waals surface area contributed by atoms with Gasteiger partial charge in [0.2, 0.25) is 0 Å². The van der Waals surface area contributed by atoms with Crippen LogP contribution in [0.2, 0.25) is 0 Å². The van der Waals surface area contributed by atoms with Gasteiger partial charge < -0.3 is 9.80 Å². The molecule has 0 N–H and O–H groups in total. The Morgan fingerprint density at radius 1 is 0.773 bits per heavy atom. The molecule has 0 aromatic heterocycles. The van der Waals surface area contributed by atoms with Gasteiger partial charge in [0.25, 0.3) is 0 Å². The first-order valence-electron chi connectivity index (χ1n) is 8.08. The lowest BCUT2D eigenvalue weighted by atomic mass is 9.59. The summed E-state index contributed by atoms with van der Waals surface area (Å²) < 4.78 is 0. The smallest absolute Gasteiger partial charge is 0.112 e. The number of fused-ring (bicyclic) bond motifs is 5. The van der Waals surface area contributed by atoms with Crippen LogP contribution in [0, 0.1) is 5.41 Å². The minimum Gasteiger partial charge on any atom is -0.352 e. The molecule has 22 heavy (non-hydrogen) atoms. The zero-order chi connectivity index (χ0) is 15.7. The van der Waals surface area contributed by atoms with Gasteiger partial charge in [0.15, 0.2) is 0 Å². The summed E-state index contributed by atoms with van der Waals surface area (Å²) in [7, 11) is 2.23. The highest BCUT2D eigenvalue weighted by Crippen LogP contribution is 2.60. The quantitative estimate of drug-likeness (QED) is 0.680. The van der Waals surface area contributed by atoms with Crippen molar-refractivity contribution in [1.82, 2.24) is 0 Å². The zero-order valence-corrected chi connectivity index (χ0v) is 14.1. The molecule has 0 radical (unpaired) electrons. The Morgan fingerprint density at radius 2 is 1.32 bits per heavy atom. The summed E-state index contributed by atoms with van der Waals surface area (Å²) >= 11 is 0. The fourth-order valence-electron chi connectivity index (χ4n) is 4.35.